The van der Waals surface area contributed by atoms with Crippen LogP contribution in [0.4, 0.5) is 0 Å². The lowest BCUT2D eigenvalue weighted by Crippen LogP contribution is -2.44. The Hall–Kier alpha value is -0.120. The zero-order chi connectivity index (χ0) is 11.4. The zero-order valence-corrected chi connectivity index (χ0v) is 10.6. The summed E-state index contributed by atoms with van der Waals surface area (Å²) in [7, 11) is 1.74. The molecule has 0 aromatic heterocycles. The smallest absolute Gasteiger partial charge is 0.0811 e. The van der Waals surface area contributed by atoms with E-state index in [4.69, 9.17) is 9.47 Å². The average Bonchev–Trinajstić information content (AvgIpc) is 2.98. The highest BCUT2D eigenvalue weighted by Crippen LogP contribution is 2.34. The van der Waals surface area contributed by atoms with Crippen molar-refractivity contribution in [3.8, 4) is 0 Å². The Morgan fingerprint density at radius 3 is 2.56 bits per heavy atom. The van der Waals surface area contributed by atoms with Crippen molar-refractivity contribution in [2.24, 2.45) is 0 Å². The van der Waals surface area contributed by atoms with Crippen molar-refractivity contribution in [3.05, 3.63) is 0 Å². The number of ether oxygens (including phenoxy) is 2. The highest BCUT2D eigenvalue weighted by atomic mass is 16.5. The monoisotopic (exact) mass is 227 g/mol. The lowest BCUT2D eigenvalue weighted by molar-refractivity contribution is -0.102. The van der Waals surface area contributed by atoms with Gasteiger partial charge in [0.15, 0.2) is 0 Å². The van der Waals surface area contributed by atoms with Crippen LogP contribution in [0.1, 0.15) is 45.4 Å². The minimum Gasteiger partial charge on any atom is -0.382 e. The Morgan fingerprint density at radius 2 is 2.00 bits per heavy atom. The van der Waals surface area contributed by atoms with Gasteiger partial charge < -0.3 is 14.8 Å². The van der Waals surface area contributed by atoms with Gasteiger partial charge in [-0.25, -0.2) is 0 Å². The summed E-state index contributed by atoms with van der Waals surface area (Å²) in [5.74, 6) is 0. The summed E-state index contributed by atoms with van der Waals surface area (Å²) in [6, 6.07) is 0.777. The summed E-state index contributed by atoms with van der Waals surface area (Å²) in [5.41, 5.74) is 0.0978. The second kappa shape index (κ2) is 5.48. The fourth-order valence-corrected chi connectivity index (χ4v) is 2.67. The summed E-state index contributed by atoms with van der Waals surface area (Å²) in [6.07, 6.45) is 7.96. The van der Waals surface area contributed by atoms with E-state index in [1.807, 2.05) is 0 Å². The summed E-state index contributed by atoms with van der Waals surface area (Å²) in [5, 5.41) is 3.62. The quantitative estimate of drug-likeness (QED) is 0.722. The predicted octanol–water partition coefficient (Wildman–Crippen LogP) is 2.10. The molecule has 1 atom stereocenters. The van der Waals surface area contributed by atoms with Crippen LogP contribution < -0.4 is 5.32 Å². The standard InChI is InChI=1S/C13H25NO2/c1-11(9-15-2)16-13(7-3-4-8-13)10-14-12-5-6-12/h11-12,14H,3-10H2,1-2H3. The van der Waals surface area contributed by atoms with Crippen LogP contribution in [-0.4, -0.2) is 38.0 Å². The fourth-order valence-electron chi connectivity index (χ4n) is 2.67. The average molecular weight is 227 g/mol. The minimum absolute atomic E-state index is 0.0978. The normalized spacial score (nSPS) is 25.9. The Labute approximate surface area is 98.9 Å². The lowest BCUT2D eigenvalue weighted by atomic mass is 10.0. The molecule has 2 fully saturated rings. The molecular formula is C13H25NO2. The van der Waals surface area contributed by atoms with Crippen molar-refractivity contribution < 1.29 is 9.47 Å². The zero-order valence-electron chi connectivity index (χ0n) is 10.6. The van der Waals surface area contributed by atoms with Gasteiger partial charge in [0.25, 0.3) is 0 Å². The molecule has 94 valence electrons. The van der Waals surface area contributed by atoms with Gasteiger partial charge in [-0.1, -0.05) is 12.8 Å². The molecule has 0 aromatic carbocycles. The largest absolute Gasteiger partial charge is 0.382 e. The molecule has 2 aliphatic carbocycles. The van der Waals surface area contributed by atoms with Crippen molar-refractivity contribution in [3.63, 3.8) is 0 Å². The molecule has 3 heteroatoms. The maximum atomic E-state index is 6.23. The van der Waals surface area contributed by atoms with Gasteiger partial charge in [-0.05, 0) is 32.6 Å². The molecule has 0 amide bonds. The predicted molar refractivity (Wildman–Crippen MR) is 64.6 cm³/mol. The molecule has 0 bridgehead atoms. The van der Waals surface area contributed by atoms with Crippen LogP contribution >= 0.6 is 0 Å². The third kappa shape index (κ3) is 3.44. The number of hydrogen-bond donors (Lipinski definition) is 1. The Morgan fingerprint density at radius 1 is 1.31 bits per heavy atom. The molecule has 0 aromatic rings. The molecular weight excluding hydrogens is 202 g/mol. The molecule has 2 aliphatic rings. The molecule has 0 spiro atoms. The van der Waals surface area contributed by atoms with E-state index in [9.17, 15) is 0 Å². The third-order valence-electron chi connectivity index (χ3n) is 3.66. The first kappa shape index (κ1) is 12.3. The van der Waals surface area contributed by atoms with Crippen molar-refractivity contribution in [1.82, 2.24) is 5.32 Å². The van der Waals surface area contributed by atoms with Gasteiger partial charge in [-0.15, -0.1) is 0 Å². The maximum absolute atomic E-state index is 6.23. The minimum atomic E-state index is 0.0978. The van der Waals surface area contributed by atoms with Crippen LogP contribution in [0, 0.1) is 0 Å². The number of nitrogens with one attached hydrogen (secondary N) is 1. The van der Waals surface area contributed by atoms with Gasteiger partial charge >= 0.3 is 0 Å². The van der Waals surface area contributed by atoms with Crippen LogP contribution in [0.25, 0.3) is 0 Å². The van der Waals surface area contributed by atoms with E-state index >= 15 is 0 Å². The van der Waals surface area contributed by atoms with Crippen molar-refractivity contribution in [1.29, 1.82) is 0 Å². The topological polar surface area (TPSA) is 30.5 Å². The first-order chi connectivity index (χ1) is 7.74. The summed E-state index contributed by atoms with van der Waals surface area (Å²) >= 11 is 0. The molecule has 0 radical (unpaired) electrons. The highest BCUT2D eigenvalue weighted by molar-refractivity contribution is 4.92. The molecule has 0 saturated heterocycles. The third-order valence-corrected chi connectivity index (χ3v) is 3.66. The van der Waals surface area contributed by atoms with E-state index in [1.54, 1.807) is 7.11 Å². The second-order valence-corrected chi connectivity index (χ2v) is 5.43. The van der Waals surface area contributed by atoms with Gasteiger partial charge in [-0.3, -0.25) is 0 Å². The molecule has 2 rings (SSSR count). The second-order valence-electron chi connectivity index (χ2n) is 5.43. The van der Waals surface area contributed by atoms with Gasteiger partial charge in [0.05, 0.1) is 18.3 Å². The van der Waals surface area contributed by atoms with Gasteiger partial charge in [0, 0.05) is 19.7 Å². The first-order valence-electron chi connectivity index (χ1n) is 6.64. The molecule has 3 nitrogen and oxygen atoms in total. The van der Waals surface area contributed by atoms with Crippen LogP contribution in [-0.2, 0) is 9.47 Å². The first-order valence-corrected chi connectivity index (χ1v) is 6.64. The van der Waals surface area contributed by atoms with E-state index in [1.165, 1.54) is 38.5 Å². The Bertz CT molecular complexity index is 210. The molecule has 16 heavy (non-hydrogen) atoms. The van der Waals surface area contributed by atoms with Crippen molar-refractivity contribution in [2.75, 3.05) is 20.3 Å². The number of rotatable bonds is 7. The molecule has 2 saturated carbocycles. The van der Waals surface area contributed by atoms with Crippen LogP contribution in [0.15, 0.2) is 0 Å². The summed E-state index contributed by atoms with van der Waals surface area (Å²) < 4.78 is 11.4. The SMILES string of the molecule is COCC(C)OC1(CNC2CC2)CCCC1. The van der Waals surface area contributed by atoms with Crippen molar-refractivity contribution >= 4 is 0 Å². The fraction of sp³-hybridized carbons (Fsp3) is 1.00. The van der Waals surface area contributed by atoms with Crippen LogP contribution in [0.2, 0.25) is 0 Å². The molecule has 1 N–H and O–H groups in total. The molecule has 1 unspecified atom stereocenters. The van der Waals surface area contributed by atoms with E-state index in [-0.39, 0.29) is 11.7 Å². The Balaban J connectivity index is 1.81. The lowest BCUT2D eigenvalue weighted by Gasteiger charge is -2.33. The van der Waals surface area contributed by atoms with Crippen molar-refractivity contribution in [2.45, 2.75) is 63.2 Å². The molecule has 0 heterocycles. The Kier molecular flexibility index (Phi) is 4.22. The van der Waals surface area contributed by atoms with Gasteiger partial charge in [-0.2, -0.15) is 0 Å². The van der Waals surface area contributed by atoms with E-state index in [2.05, 4.69) is 12.2 Å². The highest BCUT2D eigenvalue weighted by Gasteiger charge is 2.37. The van der Waals surface area contributed by atoms with Gasteiger partial charge in [0.2, 0.25) is 0 Å². The molecule has 0 aliphatic heterocycles. The van der Waals surface area contributed by atoms with E-state index in [0.717, 1.165) is 12.6 Å². The van der Waals surface area contributed by atoms with Crippen LogP contribution in [0.3, 0.4) is 0 Å². The van der Waals surface area contributed by atoms with E-state index < -0.39 is 0 Å². The maximum Gasteiger partial charge on any atom is 0.0811 e. The van der Waals surface area contributed by atoms with Crippen LogP contribution in [0.5, 0.6) is 0 Å². The van der Waals surface area contributed by atoms with E-state index in [0.29, 0.717) is 6.61 Å². The summed E-state index contributed by atoms with van der Waals surface area (Å²) in [6.45, 7) is 3.84. The number of hydrogen-bond acceptors (Lipinski definition) is 3. The summed E-state index contributed by atoms with van der Waals surface area (Å²) in [4.78, 5) is 0. The van der Waals surface area contributed by atoms with Gasteiger partial charge in [0.1, 0.15) is 0 Å². The number of methoxy groups -OCH3 is 1.